The number of likely N-dealkylation sites (N-methyl/N-ethyl adjacent to an activating group) is 2. The van der Waals surface area contributed by atoms with Crippen molar-refractivity contribution in [2.45, 2.75) is 44.7 Å². The molecule has 0 aromatic heterocycles. The Bertz CT molecular complexity index is 1020. The second-order valence-corrected chi connectivity index (χ2v) is 9.67. The average Bonchev–Trinajstić information content (AvgIpc) is 2.73. The molecule has 168 valence electrons. The summed E-state index contributed by atoms with van der Waals surface area (Å²) in [5.41, 5.74) is 2.86. The van der Waals surface area contributed by atoms with E-state index < -0.39 is 22.0 Å². The number of hydrogen-bond acceptors (Lipinski definition) is 4. The van der Waals surface area contributed by atoms with E-state index in [1.807, 2.05) is 45.0 Å². The van der Waals surface area contributed by atoms with E-state index in [1.54, 1.807) is 12.1 Å². The molecular weight excluding hydrogens is 414 g/mol. The second-order valence-electron chi connectivity index (χ2n) is 7.62. The normalized spacial score (nSPS) is 12.5. The Morgan fingerprint density at radius 2 is 1.68 bits per heavy atom. The zero-order valence-corrected chi connectivity index (χ0v) is 19.6. The molecule has 0 saturated heterocycles. The molecular formula is C23H31N3O4S. The lowest BCUT2D eigenvalue weighted by atomic mass is 10.1. The van der Waals surface area contributed by atoms with Crippen LogP contribution in [0.3, 0.4) is 0 Å². The number of sulfonamides is 1. The van der Waals surface area contributed by atoms with Crippen molar-refractivity contribution in [3.05, 3.63) is 65.2 Å². The quantitative estimate of drug-likeness (QED) is 0.642. The Hall–Kier alpha value is -2.71. The molecule has 0 aliphatic rings. The number of rotatable bonds is 9. The molecule has 0 saturated carbocycles. The Labute approximate surface area is 185 Å². The first kappa shape index (κ1) is 24.6. The van der Waals surface area contributed by atoms with E-state index in [-0.39, 0.29) is 23.9 Å². The Kier molecular flexibility index (Phi) is 8.36. The smallest absolute Gasteiger partial charge is 0.243 e. The molecule has 7 nitrogen and oxygen atoms in total. The molecule has 0 spiro atoms. The van der Waals surface area contributed by atoms with Crippen LogP contribution in [0.5, 0.6) is 0 Å². The molecule has 1 atom stereocenters. The maximum atomic E-state index is 13.2. The van der Waals surface area contributed by atoms with Crippen molar-refractivity contribution < 1.29 is 18.0 Å². The molecule has 2 rings (SSSR count). The monoisotopic (exact) mass is 445 g/mol. The summed E-state index contributed by atoms with van der Waals surface area (Å²) in [6.07, 6.45) is 0.408. The first-order valence-electron chi connectivity index (χ1n) is 10.2. The number of amides is 2. The van der Waals surface area contributed by atoms with E-state index in [9.17, 15) is 18.0 Å². The van der Waals surface area contributed by atoms with Gasteiger partial charge in [-0.1, -0.05) is 54.4 Å². The molecule has 0 radical (unpaired) electrons. The molecule has 2 aromatic rings. The first-order chi connectivity index (χ1) is 14.6. The van der Waals surface area contributed by atoms with Crippen LogP contribution < -0.4 is 5.32 Å². The number of aryl methyl sites for hydroxylation is 2. The van der Waals surface area contributed by atoms with Crippen LogP contribution in [-0.4, -0.2) is 56.1 Å². The fourth-order valence-corrected chi connectivity index (χ4v) is 4.47. The molecule has 1 N–H and O–H groups in total. The van der Waals surface area contributed by atoms with E-state index in [1.165, 1.54) is 31.1 Å². The van der Waals surface area contributed by atoms with Crippen molar-refractivity contribution in [2.24, 2.45) is 0 Å². The maximum absolute atomic E-state index is 13.2. The van der Waals surface area contributed by atoms with Crippen LogP contribution in [0.15, 0.2) is 53.4 Å². The van der Waals surface area contributed by atoms with Crippen LogP contribution >= 0.6 is 0 Å². The van der Waals surface area contributed by atoms with Crippen LogP contribution in [0.2, 0.25) is 0 Å². The standard InChI is InChI=1S/C23H31N3O4S/c1-6-21(23(28)24-4)26(15-19-9-7-8-18(3)14-19)22(27)16-25(5)31(29,30)20-12-10-17(2)11-13-20/h7-14,21H,6,15-16H2,1-5H3,(H,24,28)/t21-/m0/s1. The van der Waals surface area contributed by atoms with E-state index >= 15 is 0 Å². The van der Waals surface area contributed by atoms with Gasteiger partial charge in [-0.25, -0.2) is 8.42 Å². The van der Waals surface area contributed by atoms with Gasteiger partial charge >= 0.3 is 0 Å². The fraction of sp³-hybridized carbons (Fsp3) is 0.391. The zero-order valence-electron chi connectivity index (χ0n) is 18.8. The predicted octanol–water partition coefficient (Wildman–Crippen LogP) is 2.48. The molecule has 0 aliphatic heterocycles. The molecule has 0 heterocycles. The topological polar surface area (TPSA) is 86.8 Å². The van der Waals surface area contributed by atoms with Crippen molar-refractivity contribution in [1.82, 2.24) is 14.5 Å². The van der Waals surface area contributed by atoms with Crippen LogP contribution in [-0.2, 0) is 26.2 Å². The lowest BCUT2D eigenvalue weighted by Gasteiger charge is -2.31. The highest BCUT2D eigenvalue weighted by Crippen LogP contribution is 2.18. The number of nitrogens with one attached hydrogen (secondary N) is 1. The van der Waals surface area contributed by atoms with Gasteiger partial charge in [0.05, 0.1) is 11.4 Å². The predicted molar refractivity (Wildman–Crippen MR) is 121 cm³/mol. The van der Waals surface area contributed by atoms with E-state index in [4.69, 9.17) is 0 Å². The van der Waals surface area contributed by atoms with Gasteiger partial charge in [-0.15, -0.1) is 0 Å². The maximum Gasteiger partial charge on any atom is 0.243 e. The Morgan fingerprint density at radius 3 is 2.23 bits per heavy atom. The number of carbonyl (C=O) groups is 2. The van der Waals surface area contributed by atoms with Crippen LogP contribution in [0.25, 0.3) is 0 Å². The second kappa shape index (κ2) is 10.5. The molecule has 0 aliphatic carbocycles. The summed E-state index contributed by atoms with van der Waals surface area (Å²) in [5.74, 6) is -0.720. The summed E-state index contributed by atoms with van der Waals surface area (Å²) < 4.78 is 26.8. The summed E-state index contributed by atoms with van der Waals surface area (Å²) in [7, 11) is -0.941. The van der Waals surface area contributed by atoms with Gasteiger partial charge in [0.25, 0.3) is 0 Å². The van der Waals surface area contributed by atoms with Gasteiger partial charge < -0.3 is 10.2 Å². The summed E-state index contributed by atoms with van der Waals surface area (Å²) in [6, 6.07) is 13.4. The van der Waals surface area contributed by atoms with Gasteiger partial charge in [0.1, 0.15) is 6.04 Å². The number of benzene rings is 2. The van der Waals surface area contributed by atoms with Crippen molar-refractivity contribution in [2.75, 3.05) is 20.6 Å². The SMILES string of the molecule is CC[C@@H](C(=O)NC)N(Cc1cccc(C)c1)C(=O)CN(C)S(=O)(=O)c1ccc(C)cc1. The van der Waals surface area contributed by atoms with Crippen molar-refractivity contribution in [1.29, 1.82) is 0 Å². The summed E-state index contributed by atoms with van der Waals surface area (Å²) in [6.45, 7) is 5.49. The van der Waals surface area contributed by atoms with E-state index in [0.717, 1.165) is 21.0 Å². The van der Waals surface area contributed by atoms with Gasteiger partial charge in [0.2, 0.25) is 21.8 Å². The molecule has 2 amide bonds. The number of carbonyl (C=O) groups excluding carboxylic acids is 2. The van der Waals surface area contributed by atoms with Crippen LogP contribution in [0.1, 0.15) is 30.0 Å². The summed E-state index contributed by atoms with van der Waals surface area (Å²) in [4.78, 5) is 27.3. The number of nitrogens with zero attached hydrogens (tertiary/aromatic N) is 2. The molecule has 2 aromatic carbocycles. The lowest BCUT2D eigenvalue weighted by Crippen LogP contribution is -2.51. The lowest BCUT2D eigenvalue weighted by molar-refractivity contribution is -0.141. The summed E-state index contributed by atoms with van der Waals surface area (Å²) in [5, 5.41) is 2.60. The largest absolute Gasteiger partial charge is 0.357 e. The third kappa shape index (κ3) is 6.15. The highest BCUT2D eigenvalue weighted by atomic mass is 32.2. The molecule has 31 heavy (non-hydrogen) atoms. The van der Waals surface area contributed by atoms with Crippen LogP contribution in [0, 0.1) is 13.8 Å². The highest BCUT2D eigenvalue weighted by Gasteiger charge is 2.31. The van der Waals surface area contributed by atoms with E-state index in [2.05, 4.69) is 5.32 Å². The average molecular weight is 446 g/mol. The molecule has 0 unspecified atom stereocenters. The fourth-order valence-electron chi connectivity index (χ4n) is 3.35. The van der Waals surface area contributed by atoms with Gasteiger partial charge in [0.15, 0.2) is 0 Å². The van der Waals surface area contributed by atoms with Crippen molar-refractivity contribution in [3.8, 4) is 0 Å². The Morgan fingerprint density at radius 1 is 1.03 bits per heavy atom. The molecule has 0 bridgehead atoms. The molecule has 8 heteroatoms. The minimum atomic E-state index is -3.84. The van der Waals surface area contributed by atoms with Crippen LogP contribution in [0.4, 0.5) is 0 Å². The van der Waals surface area contributed by atoms with Crippen molar-refractivity contribution >= 4 is 21.8 Å². The third-order valence-electron chi connectivity index (χ3n) is 5.15. The number of hydrogen-bond donors (Lipinski definition) is 1. The third-order valence-corrected chi connectivity index (χ3v) is 6.97. The zero-order chi connectivity index (χ0) is 23.2. The minimum absolute atomic E-state index is 0.122. The van der Waals surface area contributed by atoms with Crippen molar-refractivity contribution in [3.63, 3.8) is 0 Å². The van der Waals surface area contributed by atoms with Gasteiger partial charge in [-0.05, 0) is 38.0 Å². The van der Waals surface area contributed by atoms with Gasteiger partial charge in [0, 0.05) is 20.6 Å². The summed E-state index contributed by atoms with van der Waals surface area (Å²) >= 11 is 0. The highest BCUT2D eigenvalue weighted by molar-refractivity contribution is 7.89. The molecule has 0 fully saturated rings. The van der Waals surface area contributed by atoms with E-state index in [0.29, 0.717) is 6.42 Å². The first-order valence-corrected chi connectivity index (χ1v) is 11.6. The van der Waals surface area contributed by atoms with Gasteiger partial charge in [-0.2, -0.15) is 4.31 Å². The minimum Gasteiger partial charge on any atom is -0.357 e. The van der Waals surface area contributed by atoms with Gasteiger partial charge in [-0.3, -0.25) is 9.59 Å². The Balaban J connectivity index is 2.30.